The third-order valence-electron chi connectivity index (χ3n) is 3.75. The van der Waals surface area contributed by atoms with Crippen molar-refractivity contribution < 1.29 is 9.94 Å². The summed E-state index contributed by atoms with van der Waals surface area (Å²) in [5, 5.41) is 12.2. The number of nitrogens with zero attached hydrogens (tertiary/aromatic N) is 2. The zero-order valence-corrected chi connectivity index (χ0v) is 13.4. The van der Waals surface area contributed by atoms with Crippen LogP contribution in [0.4, 0.5) is 5.69 Å². The monoisotopic (exact) mass is 309 g/mol. The number of anilines is 1. The van der Waals surface area contributed by atoms with Gasteiger partial charge in [0.2, 0.25) is 0 Å². The molecule has 1 fully saturated rings. The molecule has 2 rings (SSSR count). The number of oxime groups is 1. The highest BCUT2D eigenvalue weighted by Gasteiger charge is 2.20. The molecule has 1 aliphatic heterocycles. The lowest BCUT2D eigenvalue weighted by atomic mass is 10.1. The largest absolute Gasteiger partial charge is 0.409 e. The van der Waals surface area contributed by atoms with Crippen LogP contribution in [0.1, 0.15) is 24.8 Å². The van der Waals surface area contributed by atoms with Crippen LogP contribution < -0.4 is 10.6 Å². The zero-order valence-electron chi connectivity index (χ0n) is 12.6. The molecule has 116 valence electrons. The SMILES string of the molecule is CSc1cccc(N(C)CC2CCCCO2)c1/C(N)=N/O. The van der Waals surface area contributed by atoms with E-state index < -0.39 is 0 Å². The van der Waals surface area contributed by atoms with Gasteiger partial charge in [-0.05, 0) is 37.7 Å². The molecule has 0 spiro atoms. The maximum atomic E-state index is 9.05. The fraction of sp³-hybridized carbons (Fsp3) is 0.533. The molecule has 3 N–H and O–H groups in total. The molecule has 1 unspecified atom stereocenters. The molecular formula is C15H23N3O2S. The summed E-state index contributed by atoms with van der Waals surface area (Å²) < 4.78 is 5.80. The Morgan fingerprint density at radius 3 is 2.95 bits per heavy atom. The third-order valence-corrected chi connectivity index (χ3v) is 4.53. The van der Waals surface area contributed by atoms with Crippen molar-refractivity contribution in [3.05, 3.63) is 23.8 Å². The van der Waals surface area contributed by atoms with Gasteiger partial charge in [0.25, 0.3) is 0 Å². The molecule has 1 saturated heterocycles. The number of amidine groups is 1. The minimum absolute atomic E-state index is 0.145. The normalized spacial score (nSPS) is 19.5. The van der Waals surface area contributed by atoms with Crippen molar-refractivity contribution >= 4 is 23.3 Å². The van der Waals surface area contributed by atoms with E-state index in [1.54, 1.807) is 11.8 Å². The molecule has 1 aromatic carbocycles. The van der Waals surface area contributed by atoms with Crippen LogP contribution in [0.25, 0.3) is 0 Å². The first kappa shape index (κ1) is 16.0. The second kappa shape index (κ2) is 7.56. The molecule has 21 heavy (non-hydrogen) atoms. The highest BCUT2D eigenvalue weighted by Crippen LogP contribution is 2.29. The lowest BCUT2D eigenvalue weighted by molar-refractivity contribution is 0.0216. The Hall–Kier alpha value is -1.40. The van der Waals surface area contributed by atoms with E-state index in [4.69, 9.17) is 15.7 Å². The van der Waals surface area contributed by atoms with Gasteiger partial charge in [0.1, 0.15) is 0 Å². The summed E-state index contributed by atoms with van der Waals surface area (Å²) in [5.41, 5.74) is 7.62. The molecule has 0 radical (unpaired) electrons. The molecule has 0 aliphatic carbocycles. The molecule has 0 aromatic heterocycles. The van der Waals surface area contributed by atoms with Crippen molar-refractivity contribution in [3.63, 3.8) is 0 Å². The molecule has 0 amide bonds. The van der Waals surface area contributed by atoms with Crippen LogP contribution in [-0.4, -0.2) is 43.6 Å². The van der Waals surface area contributed by atoms with E-state index in [0.29, 0.717) is 0 Å². The Labute approximate surface area is 130 Å². The second-order valence-corrected chi connectivity index (χ2v) is 6.06. The smallest absolute Gasteiger partial charge is 0.173 e. The summed E-state index contributed by atoms with van der Waals surface area (Å²) >= 11 is 1.59. The Kier molecular flexibility index (Phi) is 5.76. The van der Waals surface area contributed by atoms with E-state index >= 15 is 0 Å². The van der Waals surface area contributed by atoms with Crippen LogP contribution in [0.3, 0.4) is 0 Å². The van der Waals surface area contributed by atoms with Crippen LogP contribution in [0, 0.1) is 0 Å². The number of nitrogens with two attached hydrogens (primary N) is 1. The number of rotatable bonds is 5. The van der Waals surface area contributed by atoms with E-state index in [1.807, 2.05) is 31.5 Å². The van der Waals surface area contributed by atoms with Crippen molar-refractivity contribution in [3.8, 4) is 0 Å². The highest BCUT2D eigenvalue weighted by molar-refractivity contribution is 7.98. The van der Waals surface area contributed by atoms with E-state index in [2.05, 4.69) is 10.1 Å². The van der Waals surface area contributed by atoms with Crippen LogP contribution in [-0.2, 0) is 4.74 Å². The van der Waals surface area contributed by atoms with Gasteiger partial charge in [0.15, 0.2) is 5.84 Å². The topological polar surface area (TPSA) is 71.1 Å². The lowest BCUT2D eigenvalue weighted by Gasteiger charge is -2.30. The van der Waals surface area contributed by atoms with Gasteiger partial charge in [-0.3, -0.25) is 0 Å². The van der Waals surface area contributed by atoms with E-state index in [9.17, 15) is 0 Å². The van der Waals surface area contributed by atoms with Gasteiger partial charge in [0.05, 0.1) is 11.7 Å². The van der Waals surface area contributed by atoms with Gasteiger partial charge < -0.3 is 20.6 Å². The minimum Gasteiger partial charge on any atom is -0.409 e. The van der Waals surface area contributed by atoms with Crippen molar-refractivity contribution in [1.29, 1.82) is 0 Å². The number of hydrogen-bond acceptors (Lipinski definition) is 5. The summed E-state index contributed by atoms with van der Waals surface area (Å²) in [5.74, 6) is 0.145. The van der Waals surface area contributed by atoms with E-state index in [1.165, 1.54) is 6.42 Å². The maximum Gasteiger partial charge on any atom is 0.173 e. The summed E-state index contributed by atoms with van der Waals surface area (Å²) in [6.45, 7) is 1.65. The Balaban J connectivity index is 2.24. The predicted octanol–water partition coefficient (Wildman–Crippen LogP) is 2.51. The number of likely N-dealkylation sites (N-methyl/N-ethyl adjacent to an activating group) is 1. The van der Waals surface area contributed by atoms with Gasteiger partial charge in [0, 0.05) is 30.8 Å². The first-order valence-electron chi connectivity index (χ1n) is 7.15. The number of thioether (sulfide) groups is 1. The van der Waals surface area contributed by atoms with Gasteiger partial charge in [-0.15, -0.1) is 11.8 Å². The van der Waals surface area contributed by atoms with E-state index in [-0.39, 0.29) is 11.9 Å². The molecule has 1 heterocycles. The minimum atomic E-state index is 0.145. The molecule has 5 nitrogen and oxygen atoms in total. The molecular weight excluding hydrogens is 286 g/mol. The first-order valence-corrected chi connectivity index (χ1v) is 8.37. The van der Waals surface area contributed by atoms with Crippen LogP contribution in [0.5, 0.6) is 0 Å². The third kappa shape index (κ3) is 3.83. The molecule has 1 atom stereocenters. The summed E-state index contributed by atoms with van der Waals surface area (Å²) in [6, 6.07) is 5.97. The number of hydrogen-bond donors (Lipinski definition) is 2. The Bertz CT molecular complexity index is 502. The molecule has 0 bridgehead atoms. The standard InChI is InChI=1S/C15H23N3O2S/c1-18(10-11-6-3-4-9-20-11)12-7-5-8-13(21-2)14(12)15(16)17-19/h5,7-8,11,19H,3-4,6,9-10H2,1-2H3,(H2,16,17). The first-order chi connectivity index (χ1) is 10.2. The van der Waals surface area contributed by atoms with Crippen LogP contribution >= 0.6 is 11.8 Å². The zero-order chi connectivity index (χ0) is 15.2. The average molecular weight is 309 g/mol. The van der Waals surface area contributed by atoms with Crippen molar-refractivity contribution in [2.24, 2.45) is 10.9 Å². The second-order valence-electron chi connectivity index (χ2n) is 5.21. The highest BCUT2D eigenvalue weighted by atomic mass is 32.2. The molecule has 1 aromatic rings. The van der Waals surface area contributed by atoms with Crippen LogP contribution in [0.2, 0.25) is 0 Å². The van der Waals surface area contributed by atoms with Gasteiger partial charge in [-0.2, -0.15) is 0 Å². The number of ether oxygens (including phenoxy) is 1. The Morgan fingerprint density at radius 1 is 1.52 bits per heavy atom. The predicted molar refractivity (Wildman–Crippen MR) is 87.6 cm³/mol. The number of benzene rings is 1. The quantitative estimate of drug-likeness (QED) is 0.287. The fourth-order valence-corrected chi connectivity index (χ4v) is 3.30. The Morgan fingerprint density at radius 2 is 2.33 bits per heavy atom. The summed E-state index contributed by atoms with van der Waals surface area (Å²) in [6.07, 6.45) is 5.69. The van der Waals surface area contributed by atoms with Gasteiger partial charge in [-0.1, -0.05) is 11.2 Å². The van der Waals surface area contributed by atoms with Crippen molar-refractivity contribution in [2.45, 2.75) is 30.3 Å². The molecule has 6 heteroatoms. The molecule has 1 aliphatic rings. The summed E-state index contributed by atoms with van der Waals surface area (Å²) in [4.78, 5) is 3.13. The molecule has 0 saturated carbocycles. The fourth-order valence-electron chi connectivity index (χ4n) is 2.67. The van der Waals surface area contributed by atoms with Crippen LogP contribution in [0.15, 0.2) is 28.3 Å². The summed E-state index contributed by atoms with van der Waals surface area (Å²) in [7, 11) is 2.02. The van der Waals surface area contributed by atoms with Gasteiger partial charge in [-0.25, -0.2) is 0 Å². The lowest BCUT2D eigenvalue weighted by Crippen LogP contribution is -2.34. The maximum absolute atomic E-state index is 9.05. The van der Waals surface area contributed by atoms with E-state index in [0.717, 1.165) is 42.1 Å². The van der Waals surface area contributed by atoms with Crippen molar-refractivity contribution in [1.82, 2.24) is 0 Å². The van der Waals surface area contributed by atoms with Gasteiger partial charge >= 0.3 is 0 Å². The average Bonchev–Trinajstić information content (AvgIpc) is 2.54. The van der Waals surface area contributed by atoms with Crippen molar-refractivity contribution in [2.75, 3.05) is 31.4 Å².